The molecule has 1 saturated carbocycles. The standard InChI is InChI=1S/C19H20N4O/c1-14(23-18(24)19(12-20)8-2-3-9-19)15-4-6-16(7-5-15)17-10-21-13-22-11-17/h4-7,10-11,13-14H,2-3,8-9H2,1H3,(H,23,24)/t14-/m0/s1. The van der Waals surface area contributed by atoms with Crippen molar-refractivity contribution in [1.82, 2.24) is 15.3 Å². The third kappa shape index (κ3) is 3.13. The number of hydrogen-bond donors (Lipinski definition) is 1. The molecule has 0 saturated heterocycles. The van der Waals surface area contributed by atoms with Crippen LogP contribution in [0.15, 0.2) is 43.0 Å². The fourth-order valence-electron chi connectivity index (χ4n) is 3.20. The molecule has 0 unspecified atom stereocenters. The molecule has 0 spiro atoms. The zero-order valence-corrected chi connectivity index (χ0v) is 13.7. The first kappa shape index (κ1) is 16.1. The van der Waals surface area contributed by atoms with Crippen LogP contribution in [0.2, 0.25) is 0 Å². The van der Waals surface area contributed by atoms with Gasteiger partial charge in [-0.2, -0.15) is 5.26 Å². The second kappa shape index (κ2) is 6.79. The van der Waals surface area contributed by atoms with Crippen molar-refractivity contribution in [3.05, 3.63) is 48.5 Å². The maximum absolute atomic E-state index is 12.5. The van der Waals surface area contributed by atoms with Gasteiger partial charge in [0.1, 0.15) is 11.7 Å². The Balaban J connectivity index is 1.70. The van der Waals surface area contributed by atoms with E-state index in [2.05, 4.69) is 21.4 Å². The fourth-order valence-corrected chi connectivity index (χ4v) is 3.20. The van der Waals surface area contributed by atoms with Gasteiger partial charge < -0.3 is 5.32 Å². The molecular formula is C19H20N4O. The van der Waals surface area contributed by atoms with Crippen molar-refractivity contribution in [2.45, 2.75) is 38.6 Å². The van der Waals surface area contributed by atoms with Crippen LogP contribution in [0, 0.1) is 16.7 Å². The van der Waals surface area contributed by atoms with Crippen molar-refractivity contribution in [3.8, 4) is 17.2 Å². The summed E-state index contributed by atoms with van der Waals surface area (Å²) in [5, 5.41) is 12.4. The highest BCUT2D eigenvalue weighted by Crippen LogP contribution is 2.38. The van der Waals surface area contributed by atoms with Crippen LogP contribution in [0.5, 0.6) is 0 Å². The Morgan fingerprint density at radius 3 is 2.38 bits per heavy atom. The van der Waals surface area contributed by atoms with Crippen molar-refractivity contribution in [2.75, 3.05) is 0 Å². The first-order chi connectivity index (χ1) is 11.6. The highest BCUT2D eigenvalue weighted by atomic mass is 16.2. The predicted octanol–water partition coefficient (Wildman–Crippen LogP) is 3.40. The Morgan fingerprint density at radius 2 is 1.79 bits per heavy atom. The number of amides is 1. The zero-order valence-electron chi connectivity index (χ0n) is 13.7. The Hall–Kier alpha value is -2.74. The summed E-state index contributed by atoms with van der Waals surface area (Å²) in [5.41, 5.74) is 2.16. The lowest BCUT2D eigenvalue weighted by atomic mass is 9.86. The second-order valence-electron chi connectivity index (χ2n) is 6.35. The number of nitrogens with one attached hydrogen (secondary N) is 1. The smallest absolute Gasteiger partial charge is 0.240 e. The lowest BCUT2D eigenvalue weighted by Gasteiger charge is -2.23. The fraction of sp³-hybridized carbons (Fsp3) is 0.368. The SMILES string of the molecule is C[C@H](NC(=O)C1(C#N)CCCC1)c1ccc(-c2cncnc2)cc1. The van der Waals surface area contributed by atoms with E-state index in [9.17, 15) is 10.1 Å². The van der Waals surface area contributed by atoms with Crippen molar-refractivity contribution in [1.29, 1.82) is 5.26 Å². The van der Waals surface area contributed by atoms with Gasteiger partial charge in [-0.3, -0.25) is 4.79 Å². The molecule has 5 heteroatoms. The van der Waals surface area contributed by atoms with Gasteiger partial charge in [0.15, 0.2) is 0 Å². The van der Waals surface area contributed by atoms with Gasteiger partial charge in [0, 0.05) is 18.0 Å². The molecule has 1 fully saturated rings. The van der Waals surface area contributed by atoms with E-state index in [0.29, 0.717) is 12.8 Å². The third-order valence-electron chi connectivity index (χ3n) is 4.76. The van der Waals surface area contributed by atoms with Crippen LogP contribution in [-0.4, -0.2) is 15.9 Å². The number of nitrogens with zero attached hydrogens (tertiary/aromatic N) is 3. The summed E-state index contributed by atoms with van der Waals surface area (Å²) in [6.45, 7) is 1.94. The highest BCUT2D eigenvalue weighted by molar-refractivity contribution is 5.86. The summed E-state index contributed by atoms with van der Waals surface area (Å²) >= 11 is 0. The maximum atomic E-state index is 12.5. The molecule has 2 aromatic rings. The summed E-state index contributed by atoms with van der Waals surface area (Å²) in [4.78, 5) is 20.6. The van der Waals surface area contributed by atoms with E-state index in [-0.39, 0.29) is 11.9 Å². The van der Waals surface area contributed by atoms with Crippen LogP contribution < -0.4 is 5.32 Å². The number of hydrogen-bond acceptors (Lipinski definition) is 4. The molecule has 0 aliphatic heterocycles. The first-order valence-electron chi connectivity index (χ1n) is 8.22. The average molecular weight is 320 g/mol. The van der Waals surface area contributed by atoms with Gasteiger partial charge in [0.05, 0.1) is 12.1 Å². The predicted molar refractivity (Wildman–Crippen MR) is 90.5 cm³/mol. The Morgan fingerprint density at radius 1 is 1.17 bits per heavy atom. The quantitative estimate of drug-likeness (QED) is 0.936. The average Bonchev–Trinajstić information content (AvgIpc) is 3.13. The molecule has 0 bridgehead atoms. The van der Waals surface area contributed by atoms with Gasteiger partial charge >= 0.3 is 0 Å². The van der Waals surface area contributed by atoms with E-state index < -0.39 is 5.41 Å². The molecule has 1 N–H and O–H groups in total. The highest BCUT2D eigenvalue weighted by Gasteiger charge is 2.41. The molecular weight excluding hydrogens is 300 g/mol. The molecule has 0 radical (unpaired) electrons. The molecule has 3 rings (SSSR count). The lowest BCUT2D eigenvalue weighted by molar-refractivity contribution is -0.128. The zero-order chi connectivity index (χ0) is 17.0. The number of aromatic nitrogens is 2. The second-order valence-corrected chi connectivity index (χ2v) is 6.35. The van der Waals surface area contributed by atoms with Crippen LogP contribution in [0.4, 0.5) is 0 Å². The van der Waals surface area contributed by atoms with Gasteiger partial charge in [-0.1, -0.05) is 37.1 Å². The van der Waals surface area contributed by atoms with E-state index in [0.717, 1.165) is 29.5 Å². The van der Waals surface area contributed by atoms with Crippen molar-refractivity contribution < 1.29 is 4.79 Å². The summed E-state index contributed by atoms with van der Waals surface area (Å²) in [7, 11) is 0. The van der Waals surface area contributed by atoms with E-state index >= 15 is 0 Å². The van der Waals surface area contributed by atoms with Crippen LogP contribution in [0.1, 0.15) is 44.2 Å². The van der Waals surface area contributed by atoms with Crippen molar-refractivity contribution in [2.24, 2.45) is 5.41 Å². The molecule has 24 heavy (non-hydrogen) atoms. The van der Waals surface area contributed by atoms with Crippen molar-refractivity contribution in [3.63, 3.8) is 0 Å². The molecule has 1 atom stereocenters. The number of nitriles is 1. The van der Waals surface area contributed by atoms with E-state index in [1.165, 1.54) is 6.33 Å². The summed E-state index contributed by atoms with van der Waals surface area (Å²) in [6, 6.07) is 10.1. The third-order valence-corrected chi connectivity index (χ3v) is 4.76. The molecule has 1 aromatic carbocycles. The lowest BCUT2D eigenvalue weighted by Crippen LogP contribution is -2.39. The normalized spacial score (nSPS) is 17.0. The number of carbonyl (C=O) groups is 1. The minimum atomic E-state index is -0.838. The van der Waals surface area contributed by atoms with Crippen LogP contribution >= 0.6 is 0 Å². The van der Waals surface area contributed by atoms with Gasteiger partial charge in [-0.15, -0.1) is 0 Å². The molecule has 1 aliphatic carbocycles. The minimum Gasteiger partial charge on any atom is -0.348 e. The minimum absolute atomic E-state index is 0.135. The monoisotopic (exact) mass is 320 g/mol. The Labute approximate surface area is 141 Å². The number of rotatable bonds is 4. The topological polar surface area (TPSA) is 78.7 Å². The molecule has 1 heterocycles. The maximum Gasteiger partial charge on any atom is 0.240 e. The summed E-state index contributed by atoms with van der Waals surface area (Å²) in [6.07, 6.45) is 8.26. The van der Waals surface area contributed by atoms with E-state index in [1.807, 2.05) is 31.2 Å². The number of carbonyl (C=O) groups excluding carboxylic acids is 1. The van der Waals surface area contributed by atoms with E-state index in [4.69, 9.17) is 0 Å². The summed E-state index contributed by atoms with van der Waals surface area (Å²) < 4.78 is 0. The first-order valence-corrected chi connectivity index (χ1v) is 8.22. The molecule has 122 valence electrons. The molecule has 1 aliphatic rings. The van der Waals surface area contributed by atoms with Gasteiger partial charge in [0.2, 0.25) is 5.91 Å². The van der Waals surface area contributed by atoms with Crippen molar-refractivity contribution >= 4 is 5.91 Å². The Kier molecular flexibility index (Phi) is 4.57. The van der Waals surface area contributed by atoms with Crippen LogP contribution in [-0.2, 0) is 4.79 Å². The van der Waals surface area contributed by atoms with Crippen LogP contribution in [0.25, 0.3) is 11.1 Å². The van der Waals surface area contributed by atoms with E-state index in [1.54, 1.807) is 12.4 Å². The summed E-state index contributed by atoms with van der Waals surface area (Å²) in [5.74, 6) is -0.143. The molecule has 1 aromatic heterocycles. The molecule has 1 amide bonds. The number of benzene rings is 1. The molecule has 5 nitrogen and oxygen atoms in total. The largest absolute Gasteiger partial charge is 0.348 e. The Bertz CT molecular complexity index is 743. The van der Waals surface area contributed by atoms with Crippen LogP contribution in [0.3, 0.4) is 0 Å². The van der Waals surface area contributed by atoms with Gasteiger partial charge in [-0.05, 0) is 30.9 Å². The van der Waals surface area contributed by atoms with Gasteiger partial charge in [0.25, 0.3) is 0 Å². The van der Waals surface area contributed by atoms with Gasteiger partial charge in [-0.25, -0.2) is 9.97 Å².